The van der Waals surface area contributed by atoms with Gasteiger partial charge in [0.1, 0.15) is 5.75 Å². The van der Waals surface area contributed by atoms with Crippen molar-refractivity contribution in [1.82, 2.24) is 0 Å². The van der Waals surface area contributed by atoms with Gasteiger partial charge in [0.05, 0.1) is 6.61 Å². The Kier molecular flexibility index (Phi) is 4.88. The summed E-state index contributed by atoms with van der Waals surface area (Å²) >= 11 is 0. The first kappa shape index (κ1) is 13.4. The maximum absolute atomic E-state index is 11.6. The highest BCUT2D eigenvalue weighted by atomic mass is 16.5. The van der Waals surface area contributed by atoms with Crippen LogP contribution in [0, 0.1) is 5.92 Å². The Balaban J connectivity index is 2.63. The number of ether oxygens (including phenoxy) is 1. The number of hydrogen-bond acceptors (Lipinski definition) is 3. The second-order valence-electron chi connectivity index (χ2n) is 4.20. The third-order valence-electron chi connectivity index (χ3n) is 2.40. The second-order valence-corrected chi connectivity index (χ2v) is 4.20. The van der Waals surface area contributed by atoms with Gasteiger partial charge < -0.3 is 4.74 Å². The van der Waals surface area contributed by atoms with Crippen LogP contribution in [0.25, 0.3) is 0 Å². The van der Waals surface area contributed by atoms with Crippen LogP contribution in [-0.2, 0) is 16.0 Å². The minimum absolute atomic E-state index is 0.170. The van der Waals surface area contributed by atoms with E-state index in [4.69, 9.17) is 4.74 Å². The highest BCUT2D eigenvalue weighted by Gasteiger charge is 2.17. The first-order valence-electron chi connectivity index (χ1n) is 5.83. The van der Waals surface area contributed by atoms with E-state index >= 15 is 0 Å². The molecule has 17 heavy (non-hydrogen) atoms. The molecule has 0 aliphatic rings. The number of carbonyl (C=O) groups is 2. The summed E-state index contributed by atoms with van der Waals surface area (Å²) in [6.45, 7) is 6.00. The molecule has 0 radical (unpaired) electrons. The summed E-state index contributed by atoms with van der Waals surface area (Å²) in [7, 11) is 0. The third kappa shape index (κ3) is 4.02. The first-order valence-corrected chi connectivity index (χ1v) is 5.83. The van der Waals surface area contributed by atoms with E-state index in [9.17, 15) is 9.59 Å². The van der Waals surface area contributed by atoms with Gasteiger partial charge in [-0.15, -0.1) is 0 Å². The van der Waals surface area contributed by atoms with Gasteiger partial charge >= 0.3 is 0 Å². The predicted octanol–water partition coefficient (Wildman–Crippen LogP) is 2.42. The predicted molar refractivity (Wildman–Crippen MR) is 66.2 cm³/mol. The van der Waals surface area contributed by atoms with Gasteiger partial charge in [0.25, 0.3) is 0 Å². The molecule has 0 bridgehead atoms. The molecule has 0 heterocycles. The summed E-state index contributed by atoms with van der Waals surface area (Å²) in [5.74, 6) is -0.0906. The van der Waals surface area contributed by atoms with Crippen molar-refractivity contribution >= 4 is 11.6 Å². The minimum atomic E-state index is -0.329. The van der Waals surface area contributed by atoms with Crippen LogP contribution in [0.5, 0.6) is 5.75 Å². The number of rotatable bonds is 6. The largest absolute Gasteiger partial charge is 0.494 e. The Morgan fingerprint density at radius 3 is 2.24 bits per heavy atom. The first-order chi connectivity index (χ1) is 8.04. The van der Waals surface area contributed by atoms with Crippen LogP contribution < -0.4 is 4.74 Å². The van der Waals surface area contributed by atoms with E-state index in [-0.39, 0.29) is 23.9 Å². The van der Waals surface area contributed by atoms with Crippen molar-refractivity contribution in [2.24, 2.45) is 5.92 Å². The molecule has 0 unspecified atom stereocenters. The fourth-order valence-corrected chi connectivity index (χ4v) is 1.46. The van der Waals surface area contributed by atoms with E-state index in [1.807, 2.05) is 31.2 Å². The summed E-state index contributed by atoms with van der Waals surface area (Å²) < 4.78 is 5.30. The van der Waals surface area contributed by atoms with Crippen molar-refractivity contribution < 1.29 is 14.3 Å². The average Bonchev–Trinajstić information content (AvgIpc) is 2.30. The van der Waals surface area contributed by atoms with Crippen molar-refractivity contribution in [3.05, 3.63) is 29.8 Å². The molecule has 0 saturated carbocycles. The van der Waals surface area contributed by atoms with Crippen molar-refractivity contribution in [1.29, 1.82) is 0 Å². The fourth-order valence-electron chi connectivity index (χ4n) is 1.46. The molecule has 0 N–H and O–H groups in total. The maximum atomic E-state index is 11.6. The van der Waals surface area contributed by atoms with Gasteiger partial charge in [0.2, 0.25) is 11.6 Å². The lowest BCUT2D eigenvalue weighted by molar-refractivity contribution is -0.138. The summed E-state index contributed by atoms with van der Waals surface area (Å²) in [4.78, 5) is 23.0. The molecule has 0 saturated heterocycles. The van der Waals surface area contributed by atoms with Gasteiger partial charge in [-0.05, 0) is 24.6 Å². The lowest BCUT2D eigenvalue weighted by atomic mass is 10.00. The molecule has 3 nitrogen and oxygen atoms in total. The van der Waals surface area contributed by atoms with Crippen LogP contribution >= 0.6 is 0 Å². The second kappa shape index (κ2) is 6.18. The van der Waals surface area contributed by atoms with Crippen molar-refractivity contribution in [2.45, 2.75) is 27.2 Å². The normalized spacial score (nSPS) is 10.4. The van der Waals surface area contributed by atoms with Crippen LogP contribution in [0.15, 0.2) is 24.3 Å². The van der Waals surface area contributed by atoms with Crippen LogP contribution in [0.3, 0.4) is 0 Å². The van der Waals surface area contributed by atoms with Crippen LogP contribution in [0.4, 0.5) is 0 Å². The van der Waals surface area contributed by atoms with Crippen molar-refractivity contribution in [3.63, 3.8) is 0 Å². The molecular formula is C14H18O3. The van der Waals surface area contributed by atoms with E-state index in [2.05, 4.69) is 0 Å². The maximum Gasteiger partial charge on any atom is 0.203 e. The quantitative estimate of drug-likeness (QED) is 0.710. The molecule has 0 aliphatic carbocycles. The third-order valence-corrected chi connectivity index (χ3v) is 2.40. The summed E-state index contributed by atoms with van der Waals surface area (Å²) in [5, 5.41) is 0. The van der Waals surface area contributed by atoms with Gasteiger partial charge in [-0.3, -0.25) is 9.59 Å². The molecule has 0 spiro atoms. The lowest BCUT2D eigenvalue weighted by Gasteiger charge is -2.05. The molecule has 0 atom stereocenters. The van der Waals surface area contributed by atoms with Gasteiger partial charge in [0, 0.05) is 12.3 Å². The highest BCUT2D eigenvalue weighted by Crippen LogP contribution is 2.13. The molecule has 0 amide bonds. The lowest BCUT2D eigenvalue weighted by Crippen LogP contribution is -2.21. The van der Waals surface area contributed by atoms with E-state index in [1.165, 1.54) is 0 Å². The minimum Gasteiger partial charge on any atom is -0.494 e. The zero-order chi connectivity index (χ0) is 12.8. The average molecular weight is 234 g/mol. The van der Waals surface area contributed by atoms with Gasteiger partial charge in [-0.1, -0.05) is 26.0 Å². The number of benzene rings is 1. The van der Waals surface area contributed by atoms with Gasteiger partial charge in [0.15, 0.2) is 0 Å². The SMILES string of the molecule is CCOc1ccc(CC(=O)C(=O)C(C)C)cc1. The Labute approximate surface area is 102 Å². The fraction of sp³-hybridized carbons (Fsp3) is 0.429. The van der Waals surface area contributed by atoms with E-state index in [0.717, 1.165) is 11.3 Å². The van der Waals surface area contributed by atoms with Crippen LogP contribution in [0.1, 0.15) is 26.3 Å². The van der Waals surface area contributed by atoms with E-state index in [1.54, 1.807) is 13.8 Å². The zero-order valence-electron chi connectivity index (χ0n) is 10.5. The van der Waals surface area contributed by atoms with Gasteiger partial charge in [-0.2, -0.15) is 0 Å². The van der Waals surface area contributed by atoms with Gasteiger partial charge in [-0.25, -0.2) is 0 Å². The summed E-state index contributed by atoms with van der Waals surface area (Å²) in [6.07, 6.45) is 0.170. The molecule has 1 aromatic carbocycles. The number of carbonyl (C=O) groups excluding carboxylic acids is 2. The molecule has 92 valence electrons. The Bertz CT molecular complexity index is 390. The van der Waals surface area contributed by atoms with Crippen molar-refractivity contribution in [2.75, 3.05) is 6.61 Å². The zero-order valence-corrected chi connectivity index (χ0v) is 10.5. The summed E-state index contributed by atoms with van der Waals surface area (Å²) in [6, 6.07) is 7.25. The smallest absolute Gasteiger partial charge is 0.203 e. The van der Waals surface area contributed by atoms with E-state index < -0.39 is 0 Å². The Morgan fingerprint density at radius 1 is 1.18 bits per heavy atom. The Hall–Kier alpha value is -1.64. The molecular weight excluding hydrogens is 216 g/mol. The number of hydrogen-bond donors (Lipinski definition) is 0. The number of ketones is 2. The topological polar surface area (TPSA) is 43.4 Å². The molecule has 3 heteroatoms. The monoisotopic (exact) mass is 234 g/mol. The van der Waals surface area contributed by atoms with Crippen molar-refractivity contribution in [3.8, 4) is 5.75 Å². The molecule has 1 aromatic rings. The number of Topliss-reactive ketones (excluding diaryl/α,β-unsaturated/α-hetero) is 2. The molecule has 1 rings (SSSR count). The summed E-state index contributed by atoms with van der Waals surface area (Å²) in [5.41, 5.74) is 0.840. The van der Waals surface area contributed by atoms with Crippen LogP contribution in [-0.4, -0.2) is 18.2 Å². The highest BCUT2D eigenvalue weighted by molar-refractivity contribution is 6.38. The van der Waals surface area contributed by atoms with Crippen LogP contribution in [0.2, 0.25) is 0 Å². The molecule has 0 fully saturated rings. The molecule has 0 aromatic heterocycles. The Morgan fingerprint density at radius 2 is 1.76 bits per heavy atom. The molecule has 0 aliphatic heterocycles. The van der Waals surface area contributed by atoms with E-state index in [0.29, 0.717) is 6.61 Å². The standard InChI is InChI=1S/C14H18O3/c1-4-17-12-7-5-11(6-8-12)9-13(15)14(16)10(2)3/h5-8,10H,4,9H2,1-3H3.